The molecule has 2 aliphatic carbocycles. The molecule has 0 amide bonds. The fraction of sp³-hybridized carbons (Fsp3) is 0.667. The molecule has 2 saturated carbocycles. The van der Waals surface area contributed by atoms with Gasteiger partial charge in [0.1, 0.15) is 5.78 Å². The van der Waals surface area contributed by atoms with Gasteiger partial charge in [-0.25, -0.2) is 0 Å². The third-order valence-corrected chi connectivity index (χ3v) is 10.3. The Hall–Kier alpha value is -1.89. The molecule has 1 heteroatoms. The first-order valence-corrected chi connectivity index (χ1v) is 17.3. The fourth-order valence-electron chi connectivity index (χ4n) is 7.73. The van der Waals surface area contributed by atoms with E-state index >= 15 is 0 Å². The number of carbonyl (C=O) groups is 1. The van der Waals surface area contributed by atoms with E-state index in [9.17, 15) is 4.79 Å². The quantitative estimate of drug-likeness (QED) is 0.193. The molecule has 0 bridgehead atoms. The first-order chi connectivity index (χ1) is 19.6. The summed E-state index contributed by atoms with van der Waals surface area (Å²) >= 11 is 0. The van der Waals surface area contributed by atoms with E-state index in [1.54, 1.807) is 11.1 Å². The fourth-order valence-corrected chi connectivity index (χ4v) is 7.73. The SMILES string of the molecule is CCCC1CCC(c2ccc(CCCCC(=O)CCCCc3ccc([C@H]4CC[C@H](CCC)CC4)cc3)cc2)CC1. The van der Waals surface area contributed by atoms with Gasteiger partial charge in [0.05, 0.1) is 0 Å². The highest BCUT2D eigenvalue weighted by Gasteiger charge is 2.22. The number of aryl methyl sites for hydroxylation is 2. The molecule has 0 aliphatic heterocycles. The van der Waals surface area contributed by atoms with Gasteiger partial charge in [-0.05, 0) is 136 Å². The second kappa shape index (κ2) is 17.2. The number of Topliss-reactive ketones (excluding diaryl/α,β-unsaturated/α-hetero) is 1. The molecule has 0 radical (unpaired) electrons. The summed E-state index contributed by atoms with van der Waals surface area (Å²) in [4.78, 5) is 12.4. The third-order valence-electron chi connectivity index (χ3n) is 10.3. The van der Waals surface area contributed by atoms with Gasteiger partial charge in [0, 0.05) is 12.8 Å². The summed E-state index contributed by atoms with van der Waals surface area (Å²) in [5.41, 5.74) is 5.97. The second-order valence-electron chi connectivity index (χ2n) is 13.4. The van der Waals surface area contributed by atoms with Crippen LogP contribution in [-0.4, -0.2) is 5.78 Å². The average Bonchev–Trinajstić information content (AvgIpc) is 2.99. The molecule has 0 aromatic heterocycles. The van der Waals surface area contributed by atoms with Crippen molar-refractivity contribution in [2.75, 3.05) is 0 Å². The Labute approximate surface area is 246 Å². The number of benzene rings is 2. The highest BCUT2D eigenvalue weighted by atomic mass is 16.1. The van der Waals surface area contributed by atoms with Crippen molar-refractivity contribution in [3.05, 3.63) is 70.8 Å². The lowest BCUT2D eigenvalue weighted by atomic mass is 9.77. The van der Waals surface area contributed by atoms with Gasteiger partial charge < -0.3 is 0 Å². The number of rotatable bonds is 16. The Morgan fingerprint density at radius 3 is 1.27 bits per heavy atom. The third kappa shape index (κ3) is 10.2. The summed E-state index contributed by atoms with van der Waals surface area (Å²) in [6.07, 6.45) is 24.7. The normalized spacial score (nSPS) is 23.2. The van der Waals surface area contributed by atoms with Crippen LogP contribution in [0.3, 0.4) is 0 Å². The Balaban J connectivity index is 1.04. The highest BCUT2D eigenvalue weighted by Crippen LogP contribution is 2.38. The maximum absolute atomic E-state index is 12.4. The van der Waals surface area contributed by atoms with E-state index in [2.05, 4.69) is 62.4 Å². The zero-order chi connectivity index (χ0) is 28.0. The summed E-state index contributed by atoms with van der Waals surface area (Å²) in [6, 6.07) is 18.9. The molecule has 0 saturated heterocycles. The Kier molecular flexibility index (Phi) is 13.3. The number of ketones is 1. The molecule has 40 heavy (non-hydrogen) atoms. The molecule has 0 heterocycles. The first-order valence-electron chi connectivity index (χ1n) is 17.3. The predicted molar refractivity (Wildman–Crippen MR) is 172 cm³/mol. The predicted octanol–water partition coefficient (Wildman–Crippen LogP) is 11.5. The first kappa shape index (κ1) is 31.1. The molecule has 0 unspecified atom stereocenters. The van der Waals surface area contributed by atoms with Crippen LogP contribution in [0.1, 0.15) is 164 Å². The molecule has 2 fully saturated rings. The molecular formula is C39H58O. The van der Waals surface area contributed by atoms with Crippen LogP contribution in [0.4, 0.5) is 0 Å². The van der Waals surface area contributed by atoms with Crippen molar-refractivity contribution in [2.24, 2.45) is 11.8 Å². The van der Waals surface area contributed by atoms with Gasteiger partial charge in [-0.1, -0.05) is 88.1 Å². The van der Waals surface area contributed by atoms with Crippen LogP contribution >= 0.6 is 0 Å². The summed E-state index contributed by atoms with van der Waals surface area (Å²) in [5.74, 6) is 3.97. The smallest absolute Gasteiger partial charge is 0.132 e. The average molecular weight is 543 g/mol. The van der Waals surface area contributed by atoms with Crippen molar-refractivity contribution in [2.45, 2.75) is 154 Å². The van der Waals surface area contributed by atoms with Gasteiger partial charge in [0.15, 0.2) is 0 Å². The summed E-state index contributed by atoms with van der Waals surface area (Å²) in [6.45, 7) is 4.64. The van der Waals surface area contributed by atoms with E-state index in [0.717, 1.165) is 75.0 Å². The lowest BCUT2D eigenvalue weighted by Crippen LogP contribution is -2.13. The zero-order valence-corrected chi connectivity index (χ0v) is 26.0. The van der Waals surface area contributed by atoms with Gasteiger partial charge in [-0.3, -0.25) is 4.79 Å². The van der Waals surface area contributed by atoms with E-state index in [0.29, 0.717) is 5.78 Å². The highest BCUT2D eigenvalue weighted by molar-refractivity contribution is 5.78. The van der Waals surface area contributed by atoms with Crippen LogP contribution in [0.25, 0.3) is 0 Å². The summed E-state index contributed by atoms with van der Waals surface area (Å²) in [5, 5.41) is 0. The zero-order valence-electron chi connectivity index (χ0n) is 26.0. The van der Waals surface area contributed by atoms with Crippen LogP contribution in [-0.2, 0) is 17.6 Å². The Morgan fingerprint density at radius 1 is 0.550 bits per heavy atom. The lowest BCUT2D eigenvalue weighted by molar-refractivity contribution is -0.119. The largest absolute Gasteiger partial charge is 0.300 e. The number of hydrogen-bond donors (Lipinski definition) is 0. The van der Waals surface area contributed by atoms with Crippen molar-refractivity contribution < 1.29 is 4.79 Å². The Morgan fingerprint density at radius 2 is 0.925 bits per heavy atom. The van der Waals surface area contributed by atoms with Crippen molar-refractivity contribution >= 4 is 5.78 Å². The molecule has 1 nitrogen and oxygen atoms in total. The van der Waals surface area contributed by atoms with Crippen molar-refractivity contribution in [3.63, 3.8) is 0 Å². The monoisotopic (exact) mass is 542 g/mol. The Bertz CT molecular complexity index is 875. The molecule has 4 rings (SSSR count). The van der Waals surface area contributed by atoms with Gasteiger partial charge in [-0.2, -0.15) is 0 Å². The molecule has 2 aliphatic rings. The maximum Gasteiger partial charge on any atom is 0.132 e. The number of unbranched alkanes of at least 4 members (excludes halogenated alkanes) is 2. The minimum atomic E-state index is 0.461. The minimum Gasteiger partial charge on any atom is -0.300 e. The van der Waals surface area contributed by atoms with E-state index in [4.69, 9.17) is 0 Å². The summed E-state index contributed by atoms with van der Waals surface area (Å²) < 4.78 is 0. The van der Waals surface area contributed by atoms with Crippen LogP contribution in [0.2, 0.25) is 0 Å². The van der Waals surface area contributed by atoms with Crippen LogP contribution < -0.4 is 0 Å². The molecule has 2 aromatic rings. The van der Waals surface area contributed by atoms with E-state index in [1.807, 2.05) is 0 Å². The molecule has 2 aromatic carbocycles. The number of carbonyl (C=O) groups excluding carboxylic acids is 1. The summed E-state index contributed by atoms with van der Waals surface area (Å²) in [7, 11) is 0. The van der Waals surface area contributed by atoms with Crippen molar-refractivity contribution in [1.29, 1.82) is 0 Å². The van der Waals surface area contributed by atoms with Gasteiger partial charge >= 0.3 is 0 Å². The molecule has 220 valence electrons. The van der Waals surface area contributed by atoms with Crippen LogP contribution in [0.5, 0.6) is 0 Å². The van der Waals surface area contributed by atoms with Crippen molar-refractivity contribution in [1.82, 2.24) is 0 Å². The second-order valence-corrected chi connectivity index (χ2v) is 13.4. The van der Waals surface area contributed by atoms with E-state index < -0.39 is 0 Å². The number of hydrogen-bond acceptors (Lipinski definition) is 1. The van der Waals surface area contributed by atoms with Crippen molar-refractivity contribution in [3.8, 4) is 0 Å². The van der Waals surface area contributed by atoms with Crippen LogP contribution in [0, 0.1) is 11.8 Å². The lowest BCUT2D eigenvalue weighted by Gasteiger charge is -2.28. The van der Waals surface area contributed by atoms with Gasteiger partial charge in [0.2, 0.25) is 0 Å². The molecule has 0 atom stereocenters. The van der Waals surface area contributed by atoms with Crippen LogP contribution in [0.15, 0.2) is 48.5 Å². The standard InChI is InChI=1S/C39H58O/c1-3-9-31-15-23-35(24-16-31)37-27-19-33(20-28-37)11-5-7-13-39(40)14-8-6-12-34-21-29-38(30-22-34)36-25-17-32(10-4-2)18-26-36/h19-22,27-32,35-36H,3-18,23-26H2,1-2H3/t31-,32?,35-,36?. The molecule has 0 N–H and O–H groups in total. The maximum atomic E-state index is 12.4. The topological polar surface area (TPSA) is 17.1 Å². The van der Waals surface area contributed by atoms with Gasteiger partial charge in [0.25, 0.3) is 0 Å². The minimum absolute atomic E-state index is 0.461. The van der Waals surface area contributed by atoms with Gasteiger partial charge in [-0.15, -0.1) is 0 Å². The van der Waals surface area contributed by atoms with E-state index in [1.165, 1.54) is 88.2 Å². The molecule has 0 spiro atoms. The van der Waals surface area contributed by atoms with E-state index in [-0.39, 0.29) is 0 Å². The molecular weight excluding hydrogens is 484 g/mol.